The van der Waals surface area contributed by atoms with Gasteiger partial charge in [0.25, 0.3) is 0 Å². The fourth-order valence-corrected chi connectivity index (χ4v) is 2.15. The Hall–Kier alpha value is -1.32. The lowest BCUT2D eigenvalue weighted by molar-refractivity contribution is 0.0407. The fourth-order valence-electron chi connectivity index (χ4n) is 2.15. The first-order chi connectivity index (χ1) is 9.90. The minimum Gasteiger partial charge on any atom is -0.458 e. The molecule has 3 heteroatoms. The maximum atomic E-state index is 5.99. The summed E-state index contributed by atoms with van der Waals surface area (Å²) in [5.41, 5.74) is 2.22. The molecule has 0 aliphatic heterocycles. The second kappa shape index (κ2) is 6.63. The van der Waals surface area contributed by atoms with Crippen molar-refractivity contribution in [2.75, 3.05) is 0 Å². The first kappa shape index (κ1) is 16.1. The third kappa shape index (κ3) is 4.32. The molecular formula is C18H27NO2. The van der Waals surface area contributed by atoms with Gasteiger partial charge in [0, 0.05) is 23.0 Å². The molecule has 0 amide bonds. The van der Waals surface area contributed by atoms with Crippen LogP contribution in [0.1, 0.15) is 52.4 Å². The highest BCUT2D eigenvalue weighted by molar-refractivity contribution is 5.82. The molecule has 2 rings (SSSR count). The van der Waals surface area contributed by atoms with Crippen LogP contribution in [0.15, 0.2) is 28.7 Å². The van der Waals surface area contributed by atoms with E-state index in [0.29, 0.717) is 6.61 Å². The van der Waals surface area contributed by atoms with Crippen LogP contribution in [0.3, 0.4) is 0 Å². The predicted molar refractivity (Wildman–Crippen MR) is 87.3 cm³/mol. The van der Waals surface area contributed by atoms with Crippen LogP contribution in [0.2, 0.25) is 0 Å². The summed E-state index contributed by atoms with van der Waals surface area (Å²) >= 11 is 0. The molecule has 0 aliphatic rings. The van der Waals surface area contributed by atoms with Crippen molar-refractivity contribution in [1.82, 2.24) is 5.32 Å². The summed E-state index contributed by atoms with van der Waals surface area (Å²) in [5.74, 6) is 0.938. The zero-order valence-corrected chi connectivity index (χ0v) is 13.8. The van der Waals surface area contributed by atoms with E-state index in [0.717, 1.165) is 24.3 Å². The Morgan fingerprint density at radius 2 is 1.95 bits per heavy atom. The Morgan fingerprint density at radius 3 is 2.62 bits per heavy atom. The molecule has 116 valence electrons. The molecule has 1 unspecified atom stereocenters. The van der Waals surface area contributed by atoms with Crippen molar-refractivity contribution in [1.29, 1.82) is 0 Å². The number of para-hydroxylation sites is 1. The van der Waals surface area contributed by atoms with E-state index in [-0.39, 0.29) is 11.6 Å². The summed E-state index contributed by atoms with van der Waals surface area (Å²) in [6.45, 7) is 12.1. The normalized spacial score (nSPS) is 13.8. The van der Waals surface area contributed by atoms with Gasteiger partial charge in [-0.05, 0) is 40.2 Å². The molecule has 1 aromatic heterocycles. The summed E-state index contributed by atoms with van der Waals surface area (Å²) in [7, 11) is 0. The van der Waals surface area contributed by atoms with Gasteiger partial charge in [-0.25, -0.2) is 0 Å². The Labute approximate surface area is 127 Å². The average molecular weight is 289 g/mol. The van der Waals surface area contributed by atoms with Crippen LogP contribution < -0.4 is 5.32 Å². The van der Waals surface area contributed by atoms with Gasteiger partial charge in [-0.15, -0.1) is 0 Å². The number of nitrogens with one attached hydrogen (secondary N) is 1. The third-order valence-corrected chi connectivity index (χ3v) is 3.65. The number of fused-ring (bicyclic) bond motifs is 1. The molecule has 0 aliphatic carbocycles. The Bertz CT molecular complexity index is 580. The van der Waals surface area contributed by atoms with Gasteiger partial charge in [-0.1, -0.05) is 25.1 Å². The third-order valence-electron chi connectivity index (χ3n) is 3.65. The summed E-state index contributed by atoms with van der Waals surface area (Å²) < 4.78 is 11.9. The van der Waals surface area contributed by atoms with E-state index in [1.807, 2.05) is 12.1 Å². The predicted octanol–water partition coefficient (Wildman–Crippen LogP) is 4.64. The summed E-state index contributed by atoms with van der Waals surface area (Å²) in [6.07, 6.45) is 1.26. The van der Waals surface area contributed by atoms with Gasteiger partial charge in [0.15, 0.2) is 0 Å². The quantitative estimate of drug-likeness (QED) is 0.841. The monoisotopic (exact) mass is 289 g/mol. The van der Waals surface area contributed by atoms with Gasteiger partial charge in [-0.2, -0.15) is 0 Å². The lowest BCUT2D eigenvalue weighted by Crippen LogP contribution is -2.35. The maximum absolute atomic E-state index is 5.99. The fraction of sp³-hybridized carbons (Fsp3) is 0.556. The smallest absolute Gasteiger partial charge is 0.135 e. The first-order valence-electron chi connectivity index (χ1n) is 7.76. The molecule has 0 bridgehead atoms. The molecule has 0 radical (unpaired) electrons. The lowest BCUT2D eigenvalue weighted by Gasteiger charge is -2.20. The Balaban J connectivity index is 2.25. The van der Waals surface area contributed by atoms with Crippen LogP contribution in [0, 0.1) is 0 Å². The summed E-state index contributed by atoms with van der Waals surface area (Å²) in [5, 5.41) is 4.72. The van der Waals surface area contributed by atoms with Crippen LogP contribution in [-0.4, -0.2) is 11.6 Å². The highest BCUT2D eigenvalue weighted by Crippen LogP contribution is 2.27. The van der Waals surface area contributed by atoms with Crippen molar-refractivity contribution in [3.63, 3.8) is 0 Å². The van der Waals surface area contributed by atoms with Crippen molar-refractivity contribution in [3.8, 4) is 0 Å². The zero-order valence-electron chi connectivity index (χ0n) is 13.8. The molecule has 1 atom stereocenters. The van der Waals surface area contributed by atoms with Gasteiger partial charge >= 0.3 is 0 Å². The second-order valence-corrected chi connectivity index (χ2v) is 6.63. The SMILES string of the molecule is CCC(C)OCc1oc2ccccc2c1CNC(C)(C)C. The first-order valence-corrected chi connectivity index (χ1v) is 7.76. The van der Waals surface area contributed by atoms with E-state index < -0.39 is 0 Å². The van der Waals surface area contributed by atoms with Crippen molar-refractivity contribution >= 4 is 11.0 Å². The van der Waals surface area contributed by atoms with Crippen molar-refractivity contribution in [2.24, 2.45) is 0 Å². The molecular weight excluding hydrogens is 262 g/mol. The molecule has 3 nitrogen and oxygen atoms in total. The summed E-state index contributed by atoms with van der Waals surface area (Å²) in [6, 6.07) is 8.19. The van der Waals surface area contributed by atoms with E-state index in [4.69, 9.17) is 9.15 Å². The summed E-state index contributed by atoms with van der Waals surface area (Å²) in [4.78, 5) is 0. The number of hydrogen-bond donors (Lipinski definition) is 1. The molecule has 0 fully saturated rings. The molecule has 1 heterocycles. The molecule has 0 spiro atoms. The average Bonchev–Trinajstić information content (AvgIpc) is 2.79. The number of furan rings is 1. The molecule has 0 saturated carbocycles. The van der Waals surface area contributed by atoms with Crippen LogP contribution in [0.5, 0.6) is 0 Å². The molecule has 0 saturated heterocycles. The van der Waals surface area contributed by atoms with Gasteiger partial charge in [-0.3, -0.25) is 0 Å². The Kier molecular flexibility index (Phi) is 5.07. The van der Waals surface area contributed by atoms with E-state index in [2.05, 4.69) is 52.1 Å². The van der Waals surface area contributed by atoms with Gasteiger partial charge in [0.1, 0.15) is 18.0 Å². The molecule has 2 aromatic rings. The largest absolute Gasteiger partial charge is 0.458 e. The topological polar surface area (TPSA) is 34.4 Å². The van der Waals surface area contributed by atoms with Crippen molar-refractivity contribution < 1.29 is 9.15 Å². The van der Waals surface area contributed by atoms with Crippen LogP contribution >= 0.6 is 0 Å². The van der Waals surface area contributed by atoms with E-state index >= 15 is 0 Å². The van der Waals surface area contributed by atoms with Gasteiger partial charge in [0.05, 0.1) is 6.10 Å². The standard InChI is InChI=1S/C18H27NO2/c1-6-13(2)20-12-17-15(11-19-18(3,4)5)14-9-7-8-10-16(14)21-17/h7-10,13,19H,6,11-12H2,1-5H3. The van der Waals surface area contributed by atoms with Gasteiger partial charge in [0.2, 0.25) is 0 Å². The number of hydrogen-bond acceptors (Lipinski definition) is 3. The molecule has 1 N–H and O–H groups in total. The molecule has 21 heavy (non-hydrogen) atoms. The van der Waals surface area contributed by atoms with Crippen LogP contribution in [-0.2, 0) is 17.9 Å². The van der Waals surface area contributed by atoms with Crippen molar-refractivity contribution in [3.05, 3.63) is 35.6 Å². The van der Waals surface area contributed by atoms with Crippen molar-refractivity contribution in [2.45, 2.75) is 65.8 Å². The van der Waals surface area contributed by atoms with E-state index in [1.54, 1.807) is 0 Å². The molecule has 1 aromatic carbocycles. The number of rotatable bonds is 6. The van der Waals surface area contributed by atoms with E-state index in [1.165, 1.54) is 10.9 Å². The number of benzene rings is 1. The van der Waals surface area contributed by atoms with E-state index in [9.17, 15) is 0 Å². The van der Waals surface area contributed by atoms with Gasteiger partial charge < -0.3 is 14.5 Å². The maximum Gasteiger partial charge on any atom is 0.135 e. The highest BCUT2D eigenvalue weighted by Gasteiger charge is 2.17. The lowest BCUT2D eigenvalue weighted by atomic mass is 10.1. The second-order valence-electron chi connectivity index (χ2n) is 6.63. The minimum atomic E-state index is 0.0766. The Morgan fingerprint density at radius 1 is 1.24 bits per heavy atom. The number of ether oxygens (including phenoxy) is 1. The minimum absolute atomic E-state index is 0.0766. The van der Waals surface area contributed by atoms with Crippen LogP contribution in [0.4, 0.5) is 0 Å². The van der Waals surface area contributed by atoms with Crippen LogP contribution in [0.25, 0.3) is 11.0 Å². The zero-order chi connectivity index (χ0) is 15.5. The highest BCUT2D eigenvalue weighted by atomic mass is 16.5.